The van der Waals surface area contributed by atoms with Crippen molar-refractivity contribution in [1.29, 1.82) is 0 Å². The maximum atomic E-state index is 12.7. The van der Waals surface area contributed by atoms with Gasteiger partial charge in [0.1, 0.15) is 6.10 Å². The summed E-state index contributed by atoms with van der Waals surface area (Å²) < 4.78 is 5.87. The zero-order valence-electron chi connectivity index (χ0n) is 17.8. The molecule has 2 saturated heterocycles. The summed E-state index contributed by atoms with van der Waals surface area (Å²) in [5, 5.41) is 0. The van der Waals surface area contributed by atoms with E-state index in [1.54, 1.807) is 0 Å². The smallest absolute Gasteiger partial charge is 0.410 e. The zero-order valence-corrected chi connectivity index (χ0v) is 17.8. The third-order valence-electron chi connectivity index (χ3n) is 6.19. The highest BCUT2D eigenvalue weighted by molar-refractivity contribution is 5.71. The van der Waals surface area contributed by atoms with Crippen molar-refractivity contribution in [3.05, 3.63) is 35.9 Å². The van der Waals surface area contributed by atoms with Gasteiger partial charge in [-0.15, -0.1) is 0 Å². The summed E-state index contributed by atoms with van der Waals surface area (Å²) in [5.74, 6) is 0.743. The lowest BCUT2D eigenvalue weighted by Crippen LogP contribution is -2.38. The first-order chi connectivity index (χ1) is 13.6. The van der Waals surface area contributed by atoms with Gasteiger partial charge >= 0.3 is 6.09 Å². The van der Waals surface area contributed by atoms with Gasteiger partial charge in [0.15, 0.2) is 0 Å². The number of rotatable bonds is 10. The number of nitrogens with zero attached hydrogens (tertiary/aromatic N) is 2. The normalized spacial score (nSPS) is 23.4. The lowest BCUT2D eigenvalue weighted by molar-refractivity contribution is 0.128. The van der Waals surface area contributed by atoms with E-state index in [9.17, 15) is 4.79 Å². The number of carbonyl (C=O) groups is 1. The second kappa shape index (κ2) is 10.8. The highest BCUT2D eigenvalue weighted by Gasteiger charge is 2.41. The Labute approximate surface area is 171 Å². The predicted molar refractivity (Wildman–Crippen MR) is 114 cm³/mol. The standard InChI is InChI=1S/C24H38N2O2/c1-20(2)12-7-8-15-22-23(21-13-5-3-6-14-21)28-24(27)26(22)19-11-18-25-16-9-4-10-17-25/h3,5-6,13-14,20,22-23H,4,7-12,15-19H2,1-2H3. The van der Waals surface area contributed by atoms with E-state index in [-0.39, 0.29) is 18.2 Å². The van der Waals surface area contributed by atoms with Crippen LogP contribution in [0.3, 0.4) is 0 Å². The molecule has 2 atom stereocenters. The monoisotopic (exact) mass is 386 g/mol. The summed E-state index contributed by atoms with van der Waals surface area (Å²) >= 11 is 0. The van der Waals surface area contributed by atoms with Crippen LogP contribution in [-0.2, 0) is 4.74 Å². The van der Waals surface area contributed by atoms with Crippen molar-refractivity contribution in [2.75, 3.05) is 26.2 Å². The van der Waals surface area contributed by atoms with Crippen LogP contribution in [0.25, 0.3) is 0 Å². The van der Waals surface area contributed by atoms with E-state index in [2.05, 4.69) is 30.9 Å². The van der Waals surface area contributed by atoms with Gasteiger partial charge in [-0.3, -0.25) is 0 Å². The van der Waals surface area contributed by atoms with Crippen LogP contribution in [0.4, 0.5) is 4.79 Å². The van der Waals surface area contributed by atoms with Crippen LogP contribution in [-0.4, -0.2) is 48.1 Å². The van der Waals surface area contributed by atoms with E-state index in [4.69, 9.17) is 4.74 Å². The molecule has 0 aliphatic carbocycles. The number of likely N-dealkylation sites (tertiary alicyclic amines) is 1. The lowest BCUT2D eigenvalue weighted by atomic mass is 9.95. The fourth-order valence-electron chi connectivity index (χ4n) is 4.60. The Morgan fingerprint density at radius 1 is 1.00 bits per heavy atom. The topological polar surface area (TPSA) is 32.8 Å². The largest absolute Gasteiger partial charge is 0.439 e. The van der Waals surface area contributed by atoms with Crippen LogP contribution in [0.1, 0.15) is 76.9 Å². The number of unbranched alkanes of at least 4 members (excludes halogenated alkanes) is 1. The van der Waals surface area contributed by atoms with Crippen molar-refractivity contribution < 1.29 is 9.53 Å². The van der Waals surface area contributed by atoms with E-state index in [1.807, 2.05) is 23.1 Å². The molecule has 2 fully saturated rings. The van der Waals surface area contributed by atoms with E-state index < -0.39 is 0 Å². The van der Waals surface area contributed by atoms with E-state index in [0.717, 1.165) is 43.8 Å². The number of hydrogen-bond acceptors (Lipinski definition) is 3. The molecule has 2 aliphatic heterocycles. The van der Waals surface area contributed by atoms with E-state index >= 15 is 0 Å². The second-order valence-electron chi connectivity index (χ2n) is 8.91. The summed E-state index contributed by atoms with van der Waals surface area (Å²) in [6, 6.07) is 10.5. The number of cyclic esters (lactones) is 1. The number of benzene rings is 1. The molecule has 0 bridgehead atoms. The van der Waals surface area contributed by atoms with Crippen molar-refractivity contribution in [2.24, 2.45) is 5.92 Å². The van der Waals surface area contributed by atoms with Gasteiger partial charge in [-0.1, -0.05) is 69.9 Å². The highest BCUT2D eigenvalue weighted by Crippen LogP contribution is 2.35. The molecule has 4 nitrogen and oxygen atoms in total. The molecule has 0 aromatic heterocycles. The summed E-state index contributed by atoms with van der Waals surface area (Å²) in [5.41, 5.74) is 1.13. The quantitative estimate of drug-likeness (QED) is 0.488. The molecular weight excluding hydrogens is 348 g/mol. The first kappa shape index (κ1) is 21.2. The molecule has 1 amide bonds. The number of carbonyl (C=O) groups excluding carboxylic acids is 1. The van der Waals surface area contributed by atoms with Gasteiger partial charge in [0.25, 0.3) is 0 Å². The Morgan fingerprint density at radius 3 is 2.46 bits per heavy atom. The van der Waals surface area contributed by atoms with Gasteiger partial charge in [-0.25, -0.2) is 4.79 Å². The Kier molecular flexibility index (Phi) is 8.20. The minimum atomic E-state index is -0.124. The molecule has 0 radical (unpaired) electrons. The van der Waals surface area contributed by atoms with Crippen molar-refractivity contribution >= 4 is 6.09 Å². The van der Waals surface area contributed by atoms with Crippen LogP contribution in [0.5, 0.6) is 0 Å². The molecule has 2 aliphatic rings. The molecule has 4 heteroatoms. The Hall–Kier alpha value is -1.55. The molecule has 0 spiro atoms. The molecule has 156 valence electrons. The van der Waals surface area contributed by atoms with Crippen molar-refractivity contribution in [3.8, 4) is 0 Å². The molecular formula is C24H38N2O2. The predicted octanol–water partition coefficient (Wildman–Crippen LogP) is 5.64. The van der Waals surface area contributed by atoms with Crippen molar-refractivity contribution in [3.63, 3.8) is 0 Å². The molecule has 2 unspecified atom stereocenters. The molecule has 1 aromatic carbocycles. The second-order valence-corrected chi connectivity index (χ2v) is 8.91. The molecule has 0 N–H and O–H groups in total. The van der Waals surface area contributed by atoms with Crippen LogP contribution in [0, 0.1) is 5.92 Å². The maximum Gasteiger partial charge on any atom is 0.410 e. The van der Waals surface area contributed by atoms with Crippen LogP contribution in [0.15, 0.2) is 30.3 Å². The Bertz CT molecular complexity index is 584. The van der Waals surface area contributed by atoms with Crippen LogP contribution >= 0.6 is 0 Å². The number of piperidine rings is 1. The summed E-state index contributed by atoms with van der Waals surface area (Å²) in [6.07, 6.45) is 9.47. The fourth-order valence-corrected chi connectivity index (χ4v) is 4.60. The SMILES string of the molecule is CC(C)CCCCC1C(c2ccccc2)OC(=O)N1CCCN1CCCCC1. The molecule has 0 saturated carbocycles. The first-order valence-corrected chi connectivity index (χ1v) is 11.4. The number of hydrogen-bond donors (Lipinski definition) is 0. The molecule has 3 rings (SSSR count). The average molecular weight is 387 g/mol. The minimum Gasteiger partial charge on any atom is -0.439 e. The van der Waals surface area contributed by atoms with E-state index in [0.29, 0.717) is 0 Å². The molecule has 2 heterocycles. The molecule has 1 aromatic rings. The number of amides is 1. The van der Waals surface area contributed by atoms with Crippen LogP contribution < -0.4 is 0 Å². The minimum absolute atomic E-state index is 0.122. The van der Waals surface area contributed by atoms with Gasteiger partial charge in [0.2, 0.25) is 0 Å². The van der Waals surface area contributed by atoms with Crippen LogP contribution in [0.2, 0.25) is 0 Å². The van der Waals surface area contributed by atoms with Gasteiger partial charge in [0, 0.05) is 6.54 Å². The summed E-state index contributed by atoms with van der Waals surface area (Å²) in [4.78, 5) is 17.3. The highest BCUT2D eigenvalue weighted by atomic mass is 16.6. The molecule has 28 heavy (non-hydrogen) atoms. The third-order valence-corrected chi connectivity index (χ3v) is 6.19. The Morgan fingerprint density at radius 2 is 1.75 bits per heavy atom. The summed E-state index contributed by atoms with van der Waals surface area (Å²) in [7, 11) is 0. The Balaban J connectivity index is 1.59. The van der Waals surface area contributed by atoms with Gasteiger partial charge < -0.3 is 14.5 Å². The third kappa shape index (κ3) is 5.97. The first-order valence-electron chi connectivity index (χ1n) is 11.4. The van der Waals surface area contributed by atoms with Gasteiger partial charge in [0.05, 0.1) is 6.04 Å². The van der Waals surface area contributed by atoms with E-state index in [1.165, 1.54) is 45.2 Å². The van der Waals surface area contributed by atoms with Crippen molar-refractivity contribution in [2.45, 2.75) is 77.4 Å². The maximum absolute atomic E-state index is 12.7. The summed E-state index contributed by atoms with van der Waals surface area (Å²) in [6.45, 7) is 8.91. The lowest BCUT2D eigenvalue weighted by Gasteiger charge is -2.28. The average Bonchev–Trinajstić information content (AvgIpc) is 3.02. The fraction of sp³-hybridized carbons (Fsp3) is 0.708. The van der Waals surface area contributed by atoms with Gasteiger partial charge in [-0.2, -0.15) is 0 Å². The zero-order chi connectivity index (χ0) is 19.8. The number of ether oxygens (including phenoxy) is 1. The van der Waals surface area contributed by atoms with Gasteiger partial charge in [-0.05, 0) is 56.8 Å². The van der Waals surface area contributed by atoms with Crippen molar-refractivity contribution in [1.82, 2.24) is 9.80 Å².